The van der Waals surface area contributed by atoms with E-state index in [1.54, 1.807) is 6.07 Å². The molecular weight excluding hydrogens is 204 g/mol. The summed E-state index contributed by atoms with van der Waals surface area (Å²) in [6.45, 7) is 0. The highest BCUT2D eigenvalue weighted by Gasteiger charge is 1.96. The van der Waals surface area contributed by atoms with Crippen molar-refractivity contribution in [3.63, 3.8) is 0 Å². The number of ether oxygens (including phenoxy) is 1. The van der Waals surface area contributed by atoms with Gasteiger partial charge in [0.1, 0.15) is 5.75 Å². The molecule has 14 heavy (non-hydrogen) atoms. The van der Waals surface area contributed by atoms with Crippen LogP contribution in [-0.4, -0.2) is 18.2 Å². The number of methoxy groups -OCH3 is 1. The molecule has 0 radical (unpaired) electrons. The molecule has 0 aromatic heterocycles. The first-order chi connectivity index (χ1) is 6.61. The fraction of sp³-hybridized carbons (Fsp3) is 0.100. The Morgan fingerprint density at radius 2 is 2.21 bits per heavy atom. The Morgan fingerprint density at radius 1 is 1.50 bits per heavy atom. The summed E-state index contributed by atoms with van der Waals surface area (Å²) in [6.07, 6.45) is 2.77. The molecule has 0 aliphatic carbocycles. The van der Waals surface area contributed by atoms with Crippen molar-refractivity contribution in [1.29, 1.82) is 0 Å². The van der Waals surface area contributed by atoms with Gasteiger partial charge in [0.15, 0.2) is 0 Å². The molecule has 3 nitrogen and oxygen atoms in total. The van der Waals surface area contributed by atoms with Gasteiger partial charge in [0.2, 0.25) is 0 Å². The first-order valence-electron chi connectivity index (χ1n) is 3.87. The van der Waals surface area contributed by atoms with Gasteiger partial charge in [-0.25, -0.2) is 4.79 Å². The van der Waals surface area contributed by atoms with Crippen LogP contribution in [0.5, 0.6) is 5.75 Å². The van der Waals surface area contributed by atoms with Crippen molar-refractivity contribution in [1.82, 2.24) is 0 Å². The van der Waals surface area contributed by atoms with Gasteiger partial charge in [-0.15, -0.1) is 0 Å². The summed E-state index contributed by atoms with van der Waals surface area (Å²) in [4.78, 5) is 10.8. The van der Waals surface area contributed by atoms with Gasteiger partial charge in [-0.2, -0.15) is 0 Å². The first kappa shape index (κ1) is 10.6. The second kappa shape index (κ2) is 4.67. The maximum atomic E-state index is 10.8. The monoisotopic (exact) mass is 212 g/mol. The largest absolute Gasteiger partial charge is 0.508 e. The molecule has 0 atom stereocenters. The van der Waals surface area contributed by atoms with E-state index in [0.717, 1.165) is 0 Å². The summed E-state index contributed by atoms with van der Waals surface area (Å²) >= 11 is 5.69. The lowest BCUT2D eigenvalue weighted by Crippen LogP contribution is -1.93. The summed E-state index contributed by atoms with van der Waals surface area (Å²) in [6, 6.07) is 4.53. The van der Waals surface area contributed by atoms with Gasteiger partial charge in [-0.1, -0.05) is 11.6 Å². The summed E-state index contributed by atoms with van der Waals surface area (Å²) in [5, 5.41) is 9.59. The average Bonchev–Trinajstić information content (AvgIpc) is 2.12. The molecule has 0 saturated heterocycles. The lowest BCUT2D eigenvalue weighted by atomic mass is 10.2. The number of phenolic OH excluding ortho intramolecular Hbond substituents is 1. The molecule has 0 heterocycles. The number of phenols is 1. The van der Waals surface area contributed by atoms with Crippen molar-refractivity contribution in [2.24, 2.45) is 0 Å². The minimum absolute atomic E-state index is 0.0574. The SMILES string of the molecule is COC(=O)C=Cc1cc(O)cc(Cl)c1. The zero-order valence-corrected chi connectivity index (χ0v) is 8.28. The van der Waals surface area contributed by atoms with Crippen LogP contribution in [0.4, 0.5) is 0 Å². The molecule has 1 aromatic carbocycles. The van der Waals surface area contributed by atoms with Crippen molar-refractivity contribution < 1.29 is 14.6 Å². The van der Waals surface area contributed by atoms with Crippen LogP contribution in [0.3, 0.4) is 0 Å². The number of carbonyl (C=O) groups is 1. The fourth-order valence-corrected chi connectivity index (χ4v) is 1.16. The zero-order chi connectivity index (χ0) is 10.6. The average molecular weight is 213 g/mol. The zero-order valence-electron chi connectivity index (χ0n) is 7.53. The molecule has 74 valence electrons. The van der Waals surface area contributed by atoms with Crippen molar-refractivity contribution >= 4 is 23.6 Å². The van der Waals surface area contributed by atoms with E-state index in [-0.39, 0.29) is 5.75 Å². The van der Waals surface area contributed by atoms with Crippen LogP contribution < -0.4 is 0 Å². The molecule has 1 aromatic rings. The third kappa shape index (κ3) is 3.11. The summed E-state index contributed by atoms with van der Waals surface area (Å²) < 4.78 is 4.41. The number of hydrogen-bond donors (Lipinski definition) is 1. The predicted octanol–water partition coefficient (Wildman–Crippen LogP) is 2.23. The molecule has 4 heteroatoms. The first-order valence-corrected chi connectivity index (χ1v) is 4.25. The number of hydrogen-bond acceptors (Lipinski definition) is 3. The van der Waals surface area contributed by atoms with Crippen LogP contribution >= 0.6 is 11.6 Å². The highest BCUT2D eigenvalue weighted by Crippen LogP contribution is 2.20. The predicted molar refractivity (Wildman–Crippen MR) is 54.2 cm³/mol. The number of esters is 1. The van der Waals surface area contributed by atoms with Crippen molar-refractivity contribution in [2.75, 3.05) is 7.11 Å². The van der Waals surface area contributed by atoms with Crippen LogP contribution in [0.15, 0.2) is 24.3 Å². The number of halogens is 1. The number of benzene rings is 1. The highest BCUT2D eigenvalue weighted by atomic mass is 35.5. The van der Waals surface area contributed by atoms with Gasteiger partial charge in [-0.3, -0.25) is 0 Å². The Bertz CT molecular complexity index is 351. The Kier molecular flexibility index (Phi) is 3.54. The Hall–Kier alpha value is -1.48. The molecule has 0 saturated carbocycles. The number of rotatable bonds is 2. The molecular formula is C10H9ClO3. The van der Waals surface area contributed by atoms with Crippen LogP contribution in [0.1, 0.15) is 5.56 Å². The Balaban J connectivity index is 2.86. The Labute approximate surface area is 86.6 Å². The minimum Gasteiger partial charge on any atom is -0.508 e. The fourth-order valence-electron chi connectivity index (χ4n) is 0.925. The number of carbonyl (C=O) groups excluding carboxylic acids is 1. The maximum Gasteiger partial charge on any atom is 0.330 e. The maximum absolute atomic E-state index is 10.8. The highest BCUT2D eigenvalue weighted by molar-refractivity contribution is 6.30. The van der Waals surface area contributed by atoms with Gasteiger partial charge in [0.25, 0.3) is 0 Å². The standard InChI is InChI=1S/C10H9ClO3/c1-14-10(13)3-2-7-4-8(11)6-9(12)5-7/h2-6,12H,1H3. The van der Waals surface area contributed by atoms with E-state index < -0.39 is 5.97 Å². The third-order valence-corrected chi connectivity index (χ3v) is 1.74. The summed E-state index contributed by atoms with van der Waals surface area (Å²) in [5.74, 6) is -0.397. The van der Waals surface area contributed by atoms with E-state index in [9.17, 15) is 9.90 Å². The van der Waals surface area contributed by atoms with E-state index in [1.165, 1.54) is 31.4 Å². The molecule has 0 spiro atoms. The second-order valence-electron chi connectivity index (χ2n) is 2.60. The molecule has 0 aliphatic heterocycles. The lowest BCUT2D eigenvalue weighted by molar-refractivity contribution is -0.134. The van der Waals surface area contributed by atoms with Gasteiger partial charge in [0.05, 0.1) is 7.11 Å². The van der Waals surface area contributed by atoms with Crippen molar-refractivity contribution in [2.45, 2.75) is 0 Å². The van der Waals surface area contributed by atoms with Gasteiger partial charge < -0.3 is 9.84 Å². The topological polar surface area (TPSA) is 46.5 Å². The van der Waals surface area contributed by atoms with E-state index >= 15 is 0 Å². The molecule has 0 bridgehead atoms. The minimum atomic E-state index is -0.454. The van der Waals surface area contributed by atoms with Crippen LogP contribution in [0.25, 0.3) is 6.08 Å². The molecule has 0 amide bonds. The Morgan fingerprint density at radius 3 is 2.79 bits per heavy atom. The van der Waals surface area contributed by atoms with E-state index in [0.29, 0.717) is 10.6 Å². The lowest BCUT2D eigenvalue weighted by Gasteiger charge is -1.97. The van der Waals surface area contributed by atoms with E-state index in [4.69, 9.17) is 11.6 Å². The van der Waals surface area contributed by atoms with Gasteiger partial charge in [0, 0.05) is 11.1 Å². The smallest absolute Gasteiger partial charge is 0.330 e. The van der Waals surface area contributed by atoms with Gasteiger partial charge in [-0.05, 0) is 29.8 Å². The molecule has 0 aliphatic rings. The third-order valence-electron chi connectivity index (χ3n) is 1.52. The quantitative estimate of drug-likeness (QED) is 0.604. The summed E-state index contributed by atoms with van der Waals surface area (Å²) in [7, 11) is 1.29. The second-order valence-corrected chi connectivity index (χ2v) is 3.04. The van der Waals surface area contributed by atoms with Crippen molar-refractivity contribution in [3.05, 3.63) is 34.9 Å². The van der Waals surface area contributed by atoms with E-state index in [1.807, 2.05) is 0 Å². The van der Waals surface area contributed by atoms with Crippen molar-refractivity contribution in [3.8, 4) is 5.75 Å². The molecule has 0 unspecified atom stereocenters. The van der Waals surface area contributed by atoms with Crippen LogP contribution in [-0.2, 0) is 9.53 Å². The van der Waals surface area contributed by atoms with Crippen LogP contribution in [0.2, 0.25) is 5.02 Å². The van der Waals surface area contributed by atoms with E-state index in [2.05, 4.69) is 4.74 Å². The normalized spacial score (nSPS) is 10.4. The molecule has 1 rings (SSSR count). The molecule has 1 N–H and O–H groups in total. The summed E-state index contributed by atoms with van der Waals surface area (Å²) in [5.41, 5.74) is 0.639. The van der Waals surface area contributed by atoms with Gasteiger partial charge >= 0.3 is 5.97 Å². The molecule has 0 fully saturated rings. The van der Waals surface area contributed by atoms with Crippen LogP contribution in [0, 0.1) is 0 Å². The number of aromatic hydroxyl groups is 1.